The van der Waals surface area contributed by atoms with Gasteiger partial charge in [-0.05, 0) is 109 Å². The largest absolute Gasteiger partial charge is 0.462 e. The molecule has 1 unspecified atom stereocenters. The Labute approximate surface area is 443 Å². The lowest BCUT2D eigenvalue weighted by Crippen LogP contribution is -2.30. The van der Waals surface area contributed by atoms with Crippen molar-refractivity contribution >= 4 is 17.9 Å². The zero-order chi connectivity index (χ0) is 52.2. The molecule has 0 saturated heterocycles. The van der Waals surface area contributed by atoms with E-state index in [4.69, 9.17) is 14.2 Å². The summed E-state index contributed by atoms with van der Waals surface area (Å²) >= 11 is 0. The van der Waals surface area contributed by atoms with E-state index < -0.39 is 6.10 Å². The van der Waals surface area contributed by atoms with Crippen LogP contribution in [0, 0.1) is 0 Å². The van der Waals surface area contributed by atoms with Crippen LogP contribution in [0.2, 0.25) is 0 Å². The van der Waals surface area contributed by atoms with Crippen LogP contribution in [0.15, 0.2) is 122 Å². The second-order valence-electron chi connectivity index (χ2n) is 19.1. The molecule has 0 aromatic carbocycles. The van der Waals surface area contributed by atoms with E-state index in [0.29, 0.717) is 19.3 Å². The van der Waals surface area contributed by atoms with Crippen molar-refractivity contribution < 1.29 is 28.6 Å². The molecule has 408 valence electrons. The van der Waals surface area contributed by atoms with Crippen LogP contribution in [0.25, 0.3) is 0 Å². The lowest BCUT2D eigenvalue weighted by atomic mass is 10.0. The predicted molar refractivity (Wildman–Crippen MR) is 311 cm³/mol. The zero-order valence-electron chi connectivity index (χ0n) is 46.7. The van der Waals surface area contributed by atoms with Gasteiger partial charge in [0.15, 0.2) is 6.10 Å². The molecule has 0 spiro atoms. The molecular formula is C66H108O6. The molecule has 0 fully saturated rings. The maximum absolute atomic E-state index is 12.8. The SMILES string of the molecule is CC/C=C\C/C=C\C/C=C\C/C=C\C/C=C\C/C=C\C/C=C\CCCCCCCC(=O)OCC(COC(=O)CCCCCCCCCCCCCC)OC(=O)CCCCCCC/C=C\C/C=C\C/C=C\CC. The summed E-state index contributed by atoms with van der Waals surface area (Å²) in [5.41, 5.74) is 0. The molecule has 0 saturated carbocycles. The van der Waals surface area contributed by atoms with Crippen LogP contribution in [0.1, 0.15) is 258 Å². The normalized spacial score (nSPS) is 13.0. The lowest BCUT2D eigenvalue weighted by molar-refractivity contribution is -0.167. The summed E-state index contributed by atoms with van der Waals surface area (Å²) in [6, 6.07) is 0. The fourth-order valence-corrected chi connectivity index (χ4v) is 7.85. The quantitative estimate of drug-likeness (QED) is 0.0261. The summed E-state index contributed by atoms with van der Waals surface area (Å²) in [5.74, 6) is -0.930. The fourth-order valence-electron chi connectivity index (χ4n) is 7.85. The molecule has 0 rings (SSSR count). The lowest BCUT2D eigenvalue weighted by Gasteiger charge is -2.18. The van der Waals surface area contributed by atoms with Crippen LogP contribution < -0.4 is 0 Å². The molecule has 0 radical (unpaired) electrons. The predicted octanol–water partition coefficient (Wildman–Crippen LogP) is 20.0. The van der Waals surface area contributed by atoms with Gasteiger partial charge in [-0.3, -0.25) is 14.4 Å². The number of rotatable bonds is 52. The van der Waals surface area contributed by atoms with Gasteiger partial charge in [-0.1, -0.05) is 251 Å². The van der Waals surface area contributed by atoms with Crippen molar-refractivity contribution in [2.75, 3.05) is 13.2 Å². The van der Waals surface area contributed by atoms with Gasteiger partial charge in [0.05, 0.1) is 0 Å². The highest BCUT2D eigenvalue weighted by molar-refractivity contribution is 5.71. The van der Waals surface area contributed by atoms with E-state index in [1.54, 1.807) is 0 Å². The maximum Gasteiger partial charge on any atom is 0.306 e. The highest BCUT2D eigenvalue weighted by Crippen LogP contribution is 2.15. The number of allylic oxidation sites excluding steroid dienone is 20. The molecule has 0 aromatic heterocycles. The van der Waals surface area contributed by atoms with Crippen LogP contribution in [0.4, 0.5) is 0 Å². The monoisotopic (exact) mass is 997 g/mol. The third-order valence-electron chi connectivity index (χ3n) is 12.2. The molecule has 0 aliphatic rings. The van der Waals surface area contributed by atoms with Crippen LogP contribution >= 0.6 is 0 Å². The van der Waals surface area contributed by atoms with Crippen molar-refractivity contribution in [2.24, 2.45) is 0 Å². The molecule has 1 atom stereocenters. The summed E-state index contributed by atoms with van der Waals surface area (Å²) in [6.07, 6.45) is 81.9. The van der Waals surface area contributed by atoms with Crippen LogP contribution in [0.3, 0.4) is 0 Å². The Hall–Kier alpha value is -4.19. The maximum atomic E-state index is 12.8. The van der Waals surface area contributed by atoms with E-state index in [0.717, 1.165) is 161 Å². The Kier molecular flexibility index (Phi) is 55.9. The third-order valence-corrected chi connectivity index (χ3v) is 12.2. The smallest absolute Gasteiger partial charge is 0.306 e. The molecule has 0 heterocycles. The topological polar surface area (TPSA) is 78.9 Å². The summed E-state index contributed by atoms with van der Waals surface area (Å²) in [5, 5.41) is 0. The summed E-state index contributed by atoms with van der Waals surface area (Å²) < 4.78 is 16.8. The molecule has 0 aliphatic heterocycles. The van der Waals surface area contributed by atoms with Gasteiger partial charge in [0, 0.05) is 19.3 Å². The van der Waals surface area contributed by atoms with Crippen molar-refractivity contribution in [3.8, 4) is 0 Å². The van der Waals surface area contributed by atoms with Crippen molar-refractivity contribution in [1.82, 2.24) is 0 Å². The average Bonchev–Trinajstić information content (AvgIpc) is 3.38. The van der Waals surface area contributed by atoms with Gasteiger partial charge in [-0.15, -0.1) is 0 Å². The van der Waals surface area contributed by atoms with Gasteiger partial charge < -0.3 is 14.2 Å². The number of carbonyl (C=O) groups is 3. The Bertz CT molecular complexity index is 1520. The van der Waals surface area contributed by atoms with E-state index in [1.165, 1.54) is 57.8 Å². The van der Waals surface area contributed by atoms with Gasteiger partial charge in [0.25, 0.3) is 0 Å². The van der Waals surface area contributed by atoms with E-state index in [1.807, 2.05) is 0 Å². The third kappa shape index (κ3) is 56.7. The standard InChI is InChI=1S/C66H108O6/c1-4-7-10-13-16-19-22-25-27-28-29-30-31-32-33-34-35-36-37-38-40-41-44-47-50-53-56-59-65(68)71-62-63(61-70-64(67)58-55-52-49-46-43-24-21-18-15-12-9-6-3)72-66(69)60-57-54-51-48-45-42-39-26-23-20-17-14-11-8-5-2/h7-8,10-11,16-17,19-20,25-27,29-30,32-33,35-36,38-40,63H,4-6,9,12-15,18,21-24,28,31,34,37,41-62H2,1-3H3/b10-7-,11-8-,19-16-,20-17-,27-25-,30-29-,33-32-,36-35-,39-26-,40-38-. The zero-order valence-corrected chi connectivity index (χ0v) is 46.7. The summed E-state index contributed by atoms with van der Waals surface area (Å²) in [7, 11) is 0. The van der Waals surface area contributed by atoms with Crippen molar-refractivity contribution in [3.05, 3.63) is 122 Å². The first-order valence-electron chi connectivity index (χ1n) is 29.5. The first kappa shape index (κ1) is 67.8. The minimum atomic E-state index is -0.797. The second kappa shape index (κ2) is 59.4. The summed E-state index contributed by atoms with van der Waals surface area (Å²) in [6.45, 7) is 6.38. The molecule has 0 N–H and O–H groups in total. The molecule has 0 amide bonds. The highest BCUT2D eigenvalue weighted by atomic mass is 16.6. The Morgan fingerprint density at radius 2 is 0.542 bits per heavy atom. The molecule has 6 heteroatoms. The molecule has 0 aliphatic carbocycles. The van der Waals surface area contributed by atoms with Crippen LogP contribution in [-0.2, 0) is 28.6 Å². The van der Waals surface area contributed by atoms with Crippen LogP contribution in [-0.4, -0.2) is 37.2 Å². The number of unbranched alkanes of at least 4 members (excludes halogenated alkanes) is 21. The fraction of sp³-hybridized carbons (Fsp3) is 0.652. The van der Waals surface area contributed by atoms with Gasteiger partial charge in [0.1, 0.15) is 13.2 Å². The number of esters is 3. The molecule has 6 nitrogen and oxygen atoms in total. The molecule has 0 bridgehead atoms. The Balaban J connectivity index is 4.37. The average molecular weight is 998 g/mol. The first-order chi connectivity index (χ1) is 35.5. The van der Waals surface area contributed by atoms with E-state index in [9.17, 15) is 14.4 Å². The van der Waals surface area contributed by atoms with E-state index in [2.05, 4.69) is 142 Å². The van der Waals surface area contributed by atoms with E-state index in [-0.39, 0.29) is 31.1 Å². The minimum absolute atomic E-state index is 0.0921. The van der Waals surface area contributed by atoms with Crippen molar-refractivity contribution in [2.45, 2.75) is 264 Å². The molecule has 72 heavy (non-hydrogen) atoms. The number of carbonyl (C=O) groups excluding carboxylic acids is 3. The summed E-state index contributed by atoms with van der Waals surface area (Å²) in [4.78, 5) is 38.1. The van der Waals surface area contributed by atoms with Gasteiger partial charge >= 0.3 is 17.9 Å². The van der Waals surface area contributed by atoms with Gasteiger partial charge in [-0.2, -0.15) is 0 Å². The molecular weight excluding hydrogens is 889 g/mol. The number of hydrogen-bond acceptors (Lipinski definition) is 6. The van der Waals surface area contributed by atoms with Gasteiger partial charge in [0.2, 0.25) is 0 Å². The van der Waals surface area contributed by atoms with E-state index >= 15 is 0 Å². The first-order valence-corrected chi connectivity index (χ1v) is 29.5. The highest BCUT2D eigenvalue weighted by Gasteiger charge is 2.19. The van der Waals surface area contributed by atoms with Crippen LogP contribution in [0.5, 0.6) is 0 Å². The molecule has 0 aromatic rings. The van der Waals surface area contributed by atoms with Crippen molar-refractivity contribution in [3.63, 3.8) is 0 Å². The number of ether oxygens (including phenoxy) is 3. The second-order valence-corrected chi connectivity index (χ2v) is 19.1. The van der Waals surface area contributed by atoms with Crippen molar-refractivity contribution in [1.29, 1.82) is 0 Å². The minimum Gasteiger partial charge on any atom is -0.462 e. The number of hydrogen-bond donors (Lipinski definition) is 0. The van der Waals surface area contributed by atoms with Gasteiger partial charge in [-0.25, -0.2) is 0 Å². The Morgan fingerprint density at radius 1 is 0.292 bits per heavy atom. The Morgan fingerprint density at radius 3 is 0.847 bits per heavy atom.